The van der Waals surface area contributed by atoms with Gasteiger partial charge in [-0.2, -0.15) is 0 Å². The molecular formula is C29H24N2O7. The lowest BCUT2D eigenvalue weighted by Crippen LogP contribution is -2.31. The van der Waals surface area contributed by atoms with Gasteiger partial charge in [0.1, 0.15) is 23.8 Å². The number of rotatable bonds is 8. The van der Waals surface area contributed by atoms with Gasteiger partial charge in [-0.15, -0.1) is 0 Å². The zero-order valence-electron chi connectivity index (χ0n) is 20.6. The monoisotopic (exact) mass is 512 g/mol. The maximum absolute atomic E-state index is 13.7. The molecule has 0 radical (unpaired) electrons. The summed E-state index contributed by atoms with van der Waals surface area (Å²) in [6, 6.07) is 21.0. The molecule has 0 fully saturated rings. The van der Waals surface area contributed by atoms with Crippen molar-refractivity contribution in [3.05, 3.63) is 107 Å². The predicted molar refractivity (Wildman–Crippen MR) is 138 cm³/mol. The van der Waals surface area contributed by atoms with Crippen LogP contribution in [0.3, 0.4) is 0 Å². The van der Waals surface area contributed by atoms with Gasteiger partial charge in [-0.3, -0.25) is 14.5 Å². The highest BCUT2D eigenvalue weighted by Crippen LogP contribution is 2.45. The van der Waals surface area contributed by atoms with Crippen LogP contribution in [0.4, 0.5) is 5.69 Å². The van der Waals surface area contributed by atoms with Crippen molar-refractivity contribution in [2.45, 2.75) is 12.6 Å². The van der Waals surface area contributed by atoms with E-state index in [0.717, 1.165) is 0 Å². The number of benzene rings is 3. The van der Waals surface area contributed by atoms with Gasteiger partial charge in [0.05, 0.1) is 25.8 Å². The molecule has 1 aromatic heterocycles. The molecule has 0 aliphatic carbocycles. The number of anilines is 1. The lowest BCUT2D eigenvalue weighted by atomic mass is 9.92. The van der Waals surface area contributed by atoms with Gasteiger partial charge in [0.25, 0.3) is 5.91 Å². The molecule has 192 valence electrons. The van der Waals surface area contributed by atoms with Gasteiger partial charge < -0.3 is 24.2 Å². The second kappa shape index (κ2) is 10.2. The van der Waals surface area contributed by atoms with E-state index in [4.69, 9.17) is 14.0 Å². The topological polar surface area (TPSA) is 122 Å². The Morgan fingerprint density at radius 2 is 1.71 bits per heavy atom. The third kappa shape index (κ3) is 4.29. The first-order chi connectivity index (χ1) is 18.5. The number of Topliss-reactive ketones (excluding diaryl/α,β-unsaturated/α-hetero) is 1. The van der Waals surface area contributed by atoms with Crippen molar-refractivity contribution in [2.24, 2.45) is 0 Å². The van der Waals surface area contributed by atoms with Crippen molar-refractivity contribution in [1.29, 1.82) is 0 Å². The van der Waals surface area contributed by atoms with E-state index in [1.165, 1.54) is 19.1 Å². The number of aliphatic hydroxyl groups is 2. The normalized spacial score (nSPS) is 15.2. The summed E-state index contributed by atoms with van der Waals surface area (Å²) < 4.78 is 15.8. The molecule has 4 aromatic rings. The number of amides is 1. The van der Waals surface area contributed by atoms with Crippen molar-refractivity contribution in [3.63, 3.8) is 0 Å². The number of hydrogen-bond donors (Lipinski definition) is 2. The number of ether oxygens (including phenoxy) is 2. The Balaban J connectivity index is 1.59. The summed E-state index contributed by atoms with van der Waals surface area (Å²) in [6.07, 6.45) is 0. The summed E-state index contributed by atoms with van der Waals surface area (Å²) in [6.45, 7) is -0.274. The highest BCUT2D eigenvalue weighted by atomic mass is 16.5. The number of carbonyl (C=O) groups is 2. The second-order valence-electron chi connectivity index (χ2n) is 8.52. The molecular weight excluding hydrogens is 488 g/mol. The van der Waals surface area contributed by atoms with E-state index in [1.54, 1.807) is 78.9 Å². The first kappa shape index (κ1) is 24.8. The average Bonchev–Trinajstić information content (AvgIpc) is 3.55. The van der Waals surface area contributed by atoms with E-state index in [9.17, 15) is 19.8 Å². The van der Waals surface area contributed by atoms with E-state index in [1.807, 2.05) is 0 Å². The number of hydrogen-bond acceptors (Lipinski definition) is 8. The smallest absolute Gasteiger partial charge is 0.294 e. The molecule has 0 spiro atoms. The number of methoxy groups -OCH3 is 2. The van der Waals surface area contributed by atoms with Crippen LogP contribution in [0.1, 0.15) is 27.7 Å². The molecule has 9 nitrogen and oxygen atoms in total. The summed E-state index contributed by atoms with van der Waals surface area (Å²) in [5, 5.41) is 24.2. The zero-order chi connectivity index (χ0) is 26.8. The van der Waals surface area contributed by atoms with Crippen LogP contribution < -0.4 is 14.4 Å². The van der Waals surface area contributed by atoms with Crippen LogP contribution in [0.5, 0.6) is 11.5 Å². The number of para-hydroxylation sites is 1. The van der Waals surface area contributed by atoms with Gasteiger partial charge in [0.2, 0.25) is 0 Å². The summed E-state index contributed by atoms with van der Waals surface area (Å²) in [5.74, 6) is -0.479. The minimum Gasteiger partial charge on any atom is -0.503 e. The van der Waals surface area contributed by atoms with E-state index >= 15 is 0 Å². The molecule has 1 unspecified atom stereocenters. The van der Waals surface area contributed by atoms with Crippen molar-refractivity contribution in [2.75, 3.05) is 19.1 Å². The fraction of sp³-hybridized carbons (Fsp3) is 0.138. The third-order valence-electron chi connectivity index (χ3n) is 6.39. The van der Waals surface area contributed by atoms with Crippen molar-refractivity contribution < 1.29 is 33.8 Å². The predicted octanol–water partition coefficient (Wildman–Crippen LogP) is 4.63. The van der Waals surface area contributed by atoms with Gasteiger partial charge >= 0.3 is 0 Å². The Kier molecular flexibility index (Phi) is 6.68. The Hall–Kier alpha value is -4.89. The molecule has 38 heavy (non-hydrogen) atoms. The van der Waals surface area contributed by atoms with E-state index in [0.29, 0.717) is 45.3 Å². The van der Waals surface area contributed by atoms with Crippen LogP contribution in [0.2, 0.25) is 0 Å². The van der Waals surface area contributed by atoms with Gasteiger partial charge in [-0.05, 0) is 42.5 Å². The Morgan fingerprint density at radius 3 is 2.34 bits per heavy atom. The third-order valence-corrected chi connectivity index (χ3v) is 6.39. The first-order valence-electron chi connectivity index (χ1n) is 11.7. The number of ketones is 1. The van der Waals surface area contributed by atoms with E-state index < -0.39 is 23.5 Å². The highest BCUT2D eigenvalue weighted by Gasteiger charge is 2.45. The van der Waals surface area contributed by atoms with Gasteiger partial charge in [-0.25, -0.2) is 0 Å². The van der Waals surface area contributed by atoms with Crippen molar-refractivity contribution in [3.8, 4) is 22.8 Å². The lowest BCUT2D eigenvalue weighted by Gasteiger charge is -2.28. The SMILES string of the molecule is COc1ccc(C(=O)C2=C(O)C(=O)N(c3ccc(-c4cc(CO)on4)cc3)C2c2ccccc2OC)cc1. The minimum absolute atomic E-state index is 0.0576. The number of carbonyl (C=O) groups excluding carboxylic acids is 2. The summed E-state index contributed by atoms with van der Waals surface area (Å²) in [5.41, 5.74) is 2.44. The molecule has 2 N–H and O–H groups in total. The summed E-state index contributed by atoms with van der Waals surface area (Å²) in [7, 11) is 3.03. The van der Waals surface area contributed by atoms with Crippen LogP contribution in [0.15, 0.2) is 94.7 Å². The van der Waals surface area contributed by atoms with Gasteiger partial charge in [-0.1, -0.05) is 35.5 Å². The fourth-order valence-electron chi connectivity index (χ4n) is 4.50. The summed E-state index contributed by atoms with van der Waals surface area (Å²) >= 11 is 0. The molecule has 1 amide bonds. The van der Waals surface area contributed by atoms with Gasteiger partial charge in [0, 0.05) is 28.4 Å². The van der Waals surface area contributed by atoms with Crippen LogP contribution in [-0.4, -0.2) is 41.3 Å². The zero-order valence-corrected chi connectivity index (χ0v) is 20.6. The Bertz CT molecular complexity index is 1520. The Labute approximate surface area is 218 Å². The standard InChI is InChI=1S/C29H24N2O7/c1-36-20-13-9-18(10-14-20)27(33)25-26(22-5-3-4-6-24(22)37-2)31(29(35)28(25)34)19-11-7-17(8-12-19)23-15-21(16-32)38-30-23/h3-15,26,32,34H,16H2,1-2H3. The molecule has 1 aliphatic heterocycles. The molecule has 1 aliphatic rings. The van der Waals surface area contributed by atoms with E-state index in [-0.39, 0.29) is 12.2 Å². The Morgan fingerprint density at radius 1 is 1.00 bits per heavy atom. The van der Waals surface area contributed by atoms with Gasteiger partial charge in [0.15, 0.2) is 17.3 Å². The lowest BCUT2D eigenvalue weighted by molar-refractivity contribution is -0.117. The molecule has 1 atom stereocenters. The van der Waals surface area contributed by atoms with Crippen LogP contribution in [-0.2, 0) is 11.4 Å². The quantitative estimate of drug-likeness (QED) is 0.328. The fourth-order valence-corrected chi connectivity index (χ4v) is 4.50. The van der Waals surface area contributed by atoms with E-state index in [2.05, 4.69) is 5.16 Å². The minimum atomic E-state index is -0.952. The highest BCUT2D eigenvalue weighted by molar-refractivity contribution is 6.21. The molecule has 9 heteroatoms. The van der Waals surface area contributed by atoms with Crippen LogP contribution in [0.25, 0.3) is 11.3 Å². The maximum Gasteiger partial charge on any atom is 0.294 e. The molecule has 0 saturated heterocycles. The second-order valence-corrected chi connectivity index (χ2v) is 8.52. The average molecular weight is 513 g/mol. The summed E-state index contributed by atoms with van der Waals surface area (Å²) in [4.78, 5) is 28.6. The molecule has 0 saturated carbocycles. The maximum atomic E-state index is 13.7. The molecule has 2 heterocycles. The number of aliphatic hydroxyl groups excluding tert-OH is 2. The van der Waals surface area contributed by atoms with Crippen molar-refractivity contribution >= 4 is 17.4 Å². The van der Waals surface area contributed by atoms with Crippen LogP contribution >= 0.6 is 0 Å². The molecule has 5 rings (SSSR count). The van der Waals surface area contributed by atoms with Crippen molar-refractivity contribution in [1.82, 2.24) is 5.16 Å². The number of aromatic nitrogens is 1. The largest absolute Gasteiger partial charge is 0.503 e. The van der Waals surface area contributed by atoms with Crippen LogP contribution in [0, 0.1) is 0 Å². The first-order valence-corrected chi connectivity index (χ1v) is 11.7. The molecule has 0 bridgehead atoms. The number of nitrogens with zero attached hydrogens (tertiary/aromatic N) is 2. The molecule has 3 aromatic carbocycles.